The van der Waals surface area contributed by atoms with Crippen LogP contribution in [0.1, 0.15) is 82.5 Å². The molecule has 1 heterocycles. The fourth-order valence-electron chi connectivity index (χ4n) is 2.64. The molecule has 2 rings (SSSR count). The van der Waals surface area contributed by atoms with Crippen LogP contribution in [-0.4, -0.2) is 22.0 Å². The van der Waals surface area contributed by atoms with Crippen LogP contribution in [0.4, 0.5) is 0 Å². The number of aryl methyl sites for hydroxylation is 1. The van der Waals surface area contributed by atoms with E-state index in [1.807, 2.05) is 20.8 Å². The van der Waals surface area contributed by atoms with Crippen molar-refractivity contribution in [2.24, 2.45) is 5.92 Å². The monoisotopic (exact) mass is 333 g/mol. The van der Waals surface area contributed by atoms with Crippen molar-refractivity contribution in [3.63, 3.8) is 0 Å². The van der Waals surface area contributed by atoms with Crippen LogP contribution in [0.2, 0.25) is 0 Å². The van der Waals surface area contributed by atoms with Crippen molar-refractivity contribution in [1.29, 1.82) is 0 Å². The predicted octanol–water partition coefficient (Wildman–Crippen LogP) is 4.75. The summed E-state index contributed by atoms with van der Waals surface area (Å²) in [5, 5.41) is 3.05. The number of rotatable bonds is 10. The van der Waals surface area contributed by atoms with Gasteiger partial charge in [-0.05, 0) is 32.1 Å². The lowest BCUT2D eigenvalue weighted by Gasteiger charge is -2.11. The molecule has 4 heteroatoms. The number of allylic oxidation sites excluding steroid dienone is 2. The van der Waals surface area contributed by atoms with Crippen molar-refractivity contribution in [1.82, 2.24) is 14.9 Å². The van der Waals surface area contributed by atoms with E-state index in [1.165, 1.54) is 12.8 Å². The first kappa shape index (κ1) is 20.5. The van der Waals surface area contributed by atoms with E-state index >= 15 is 0 Å². The maximum Gasteiger partial charge on any atom is 0.269 e. The standard InChI is InChI=1S/C18H29N3O.C2H6/c1-3-5-7-13-21-16(14-20-17(21)8-6-4-2)18(22)19-12-11-15-9-10-15;1-2/h3,5,14-15H,4,6-13H2,1-2H3,(H,19,22);1-2H3/b5-3-;. The van der Waals surface area contributed by atoms with Crippen LogP contribution >= 0.6 is 0 Å². The van der Waals surface area contributed by atoms with Gasteiger partial charge in [0.2, 0.25) is 0 Å². The number of aromatic nitrogens is 2. The molecule has 0 spiro atoms. The molecule has 1 saturated carbocycles. The number of carbonyl (C=O) groups excluding carboxylic acids is 1. The van der Waals surface area contributed by atoms with Crippen LogP contribution in [0.5, 0.6) is 0 Å². The Bertz CT molecular complexity index is 501. The normalized spacial score (nSPS) is 13.7. The van der Waals surface area contributed by atoms with Gasteiger partial charge in [0.1, 0.15) is 11.5 Å². The van der Waals surface area contributed by atoms with Crippen molar-refractivity contribution in [3.05, 3.63) is 29.9 Å². The van der Waals surface area contributed by atoms with Crippen molar-refractivity contribution in [2.45, 2.75) is 79.2 Å². The van der Waals surface area contributed by atoms with E-state index in [-0.39, 0.29) is 5.91 Å². The topological polar surface area (TPSA) is 46.9 Å². The second kappa shape index (κ2) is 11.9. The van der Waals surface area contributed by atoms with Crippen LogP contribution in [0.15, 0.2) is 18.3 Å². The molecule has 0 atom stereocenters. The minimum Gasteiger partial charge on any atom is -0.351 e. The number of nitrogens with one attached hydrogen (secondary N) is 1. The van der Waals surface area contributed by atoms with Gasteiger partial charge in [0.25, 0.3) is 5.91 Å². The Kier molecular flexibility index (Phi) is 10.1. The Balaban J connectivity index is 0.00000139. The summed E-state index contributed by atoms with van der Waals surface area (Å²) in [4.78, 5) is 16.9. The molecule has 0 aromatic carbocycles. The maximum atomic E-state index is 12.4. The van der Waals surface area contributed by atoms with Gasteiger partial charge in [-0.25, -0.2) is 4.98 Å². The van der Waals surface area contributed by atoms with E-state index in [9.17, 15) is 4.79 Å². The van der Waals surface area contributed by atoms with Gasteiger partial charge in [0.15, 0.2) is 0 Å². The average Bonchev–Trinajstić information content (AvgIpc) is 3.34. The van der Waals surface area contributed by atoms with E-state index in [4.69, 9.17) is 0 Å². The molecule has 0 aliphatic heterocycles. The lowest BCUT2D eigenvalue weighted by molar-refractivity contribution is 0.0943. The third kappa shape index (κ3) is 6.90. The summed E-state index contributed by atoms with van der Waals surface area (Å²) in [7, 11) is 0. The van der Waals surface area contributed by atoms with E-state index in [0.717, 1.165) is 56.9 Å². The first-order valence-electron chi connectivity index (χ1n) is 9.70. The molecule has 0 unspecified atom stereocenters. The minimum absolute atomic E-state index is 0.0244. The minimum atomic E-state index is 0.0244. The summed E-state index contributed by atoms with van der Waals surface area (Å²) in [5.74, 6) is 1.91. The summed E-state index contributed by atoms with van der Waals surface area (Å²) >= 11 is 0. The Labute approximate surface area is 147 Å². The number of carbonyl (C=O) groups is 1. The maximum absolute atomic E-state index is 12.4. The van der Waals surface area contributed by atoms with E-state index in [2.05, 4.69) is 33.9 Å². The summed E-state index contributed by atoms with van der Waals surface area (Å²) < 4.78 is 2.10. The van der Waals surface area contributed by atoms with Gasteiger partial charge in [-0.2, -0.15) is 0 Å². The van der Waals surface area contributed by atoms with Gasteiger partial charge in [-0.1, -0.05) is 52.2 Å². The van der Waals surface area contributed by atoms with E-state index < -0.39 is 0 Å². The zero-order valence-corrected chi connectivity index (χ0v) is 16.0. The highest BCUT2D eigenvalue weighted by atomic mass is 16.1. The van der Waals surface area contributed by atoms with Gasteiger partial charge in [-0.15, -0.1) is 0 Å². The quantitative estimate of drug-likeness (QED) is 0.628. The lowest BCUT2D eigenvalue weighted by Crippen LogP contribution is -2.27. The number of unbranched alkanes of at least 4 members (excludes halogenated alkanes) is 1. The second-order valence-electron chi connectivity index (χ2n) is 6.16. The first-order valence-corrected chi connectivity index (χ1v) is 9.70. The van der Waals surface area contributed by atoms with Gasteiger partial charge < -0.3 is 9.88 Å². The number of hydrogen-bond donors (Lipinski definition) is 1. The zero-order valence-electron chi connectivity index (χ0n) is 16.0. The first-order chi connectivity index (χ1) is 11.8. The summed E-state index contributed by atoms with van der Waals surface area (Å²) in [6, 6.07) is 0. The molecule has 1 aromatic rings. The SMILES string of the molecule is C/C=C\CCn1c(C(=O)NCCC2CC2)cnc1CCCC.CC. The highest BCUT2D eigenvalue weighted by molar-refractivity contribution is 5.92. The molecule has 0 bridgehead atoms. The third-order valence-corrected chi connectivity index (χ3v) is 4.21. The molecular formula is C20H35N3O. The van der Waals surface area contributed by atoms with Crippen molar-refractivity contribution < 1.29 is 4.79 Å². The van der Waals surface area contributed by atoms with Gasteiger partial charge in [0, 0.05) is 19.5 Å². The van der Waals surface area contributed by atoms with E-state index in [0.29, 0.717) is 5.69 Å². The lowest BCUT2D eigenvalue weighted by atomic mass is 10.2. The number of amides is 1. The van der Waals surface area contributed by atoms with Gasteiger partial charge in [-0.3, -0.25) is 4.79 Å². The smallest absolute Gasteiger partial charge is 0.269 e. The molecule has 24 heavy (non-hydrogen) atoms. The molecule has 0 radical (unpaired) electrons. The summed E-state index contributed by atoms with van der Waals surface area (Å²) in [6.45, 7) is 9.82. The zero-order chi connectivity index (χ0) is 17.8. The summed E-state index contributed by atoms with van der Waals surface area (Å²) in [5.41, 5.74) is 0.714. The Morgan fingerprint density at radius 2 is 2.17 bits per heavy atom. The van der Waals surface area contributed by atoms with Crippen LogP contribution in [-0.2, 0) is 13.0 Å². The molecule has 0 saturated heterocycles. The van der Waals surface area contributed by atoms with Crippen molar-refractivity contribution >= 4 is 5.91 Å². The van der Waals surface area contributed by atoms with Crippen LogP contribution < -0.4 is 5.32 Å². The van der Waals surface area contributed by atoms with Crippen molar-refractivity contribution in [2.75, 3.05) is 6.54 Å². The number of hydrogen-bond acceptors (Lipinski definition) is 2. The Morgan fingerprint density at radius 3 is 2.79 bits per heavy atom. The molecule has 136 valence electrons. The highest BCUT2D eigenvalue weighted by Crippen LogP contribution is 2.31. The molecule has 1 fully saturated rings. The second-order valence-corrected chi connectivity index (χ2v) is 6.16. The predicted molar refractivity (Wildman–Crippen MR) is 101 cm³/mol. The largest absolute Gasteiger partial charge is 0.351 e. The highest BCUT2D eigenvalue weighted by Gasteiger charge is 2.21. The van der Waals surface area contributed by atoms with Gasteiger partial charge in [0.05, 0.1) is 6.20 Å². The molecule has 1 amide bonds. The number of imidazole rings is 1. The molecule has 1 aliphatic rings. The Hall–Kier alpha value is -1.58. The number of nitrogens with zero attached hydrogens (tertiary/aromatic N) is 2. The molecular weight excluding hydrogens is 298 g/mol. The van der Waals surface area contributed by atoms with Crippen molar-refractivity contribution in [3.8, 4) is 0 Å². The van der Waals surface area contributed by atoms with Crippen LogP contribution in [0.3, 0.4) is 0 Å². The van der Waals surface area contributed by atoms with Gasteiger partial charge >= 0.3 is 0 Å². The molecule has 1 aromatic heterocycles. The summed E-state index contributed by atoms with van der Waals surface area (Å²) in [6.07, 6.45) is 13.9. The molecule has 1 aliphatic carbocycles. The average molecular weight is 334 g/mol. The fourth-order valence-corrected chi connectivity index (χ4v) is 2.64. The van der Waals surface area contributed by atoms with Crippen LogP contribution in [0, 0.1) is 5.92 Å². The molecule has 1 N–H and O–H groups in total. The molecule has 4 nitrogen and oxygen atoms in total. The fraction of sp³-hybridized carbons (Fsp3) is 0.700. The Morgan fingerprint density at radius 1 is 1.42 bits per heavy atom. The van der Waals surface area contributed by atoms with Crippen LogP contribution in [0.25, 0.3) is 0 Å². The van der Waals surface area contributed by atoms with E-state index in [1.54, 1.807) is 6.20 Å². The third-order valence-electron chi connectivity index (χ3n) is 4.21.